The van der Waals surface area contributed by atoms with E-state index in [9.17, 15) is 30.0 Å². The van der Waals surface area contributed by atoms with E-state index in [-0.39, 0.29) is 52.0 Å². The summed E-state index contributed by atoms with van der Waals surface area (Å²) < 4.78 is 5.27. The standard InChI is InChI=1S/C27H27N3O7S/c1-29-6-8-30(9-7-29)26-28-17(12-38-26)27(36)10-14-18(15(31)11-27)24(34)21-20(23(14)33)22(32)13-4-3-5-16(37-2)19(13)25(21)35/h3-5,12,15,31,33-34,36H,6-11H2,1-2H3. The van der Waals surface area contributed by atoms with Crippen LogP contribution in [0.4, 0.5) is 5.13 Å². The number of phenolic OH excluding ortho intramolecular Hbond substituents is 2. The minimum absolute atomic E-state index is 0.0112. The monoisotopic (exact) mass is 537 g/mol. The Bertz CT molecular complexity index is 1490. The number of nitrogens with zero attached hydrogens (tertiary/aromatic N) is 3. The summed E-state index contributed by atoms with van der Waals surface area (Å²) in [6, 6.07) is 4.55. The number of ketones is 2. The van der Waals surface area contributed by atoms with Gasteiger partial charge in [0.05, 0.1) is 35.6 Å². The zero-order valence-corrected chi connectivity index (χ0v) is 21.7. The number of ether oxygens (including phenoxy) is 1. The van der Waals surface area contributed by atoms with Crippen molar-refractivity contribution < 1.29 is 34.8 Å². The number of carbonyl (C=O) groups is 2. The molecule has 0 spiro atoms. The van der Waals surface area contributed by atoms with Gasteiger partial charge in [-0.3, -0.25) is 9.59 Å². The molecule has 1 aromatic heterocycles. The van der Waals surface area contributed by atoms with Crippen LogP contribution < -0.4 is 9.64 Å². The fourth-order valence-electron chi connectivity index (χ4n) is 5.76. The maximum Gasteiger partial charge on any atom is 0.202 e. The van der Waals surface area contributed by atoms with Crippen LogP contribution in [0.5, 0.6) is 17.2 Å². The van der Waals surface area contributed by atoms with E-state index in [1.54, 1.807) is 11.4 Å². The number of carbonyl (C=O) groups excluding carboxylic acids is 2. The number of anilines is 1. The predicted molar refractivity (Wildman–Crippen MR) is 139 cm³/mol. The third-order valence-corrected chi connectivity index (χ3v) is 8.74. The number of phenols is 2. The fraction of sp³-hybridized carbons (Fsp3) is 0.370. The molecule has 1 fully saturated rings. The van der Waals surface area contributed by atoms with Crippen LogP contribution in [0.2, 0.25) is 0 Å². The summed E-state index contributed by atoms with van der Waals surface area (Å²) in [7, 11) is 3.42. The lowest BCUT2D eigenvalue weighted by Gasteiger charge is -2.37. The molecular formula is C27H27N3O7S. The van der Waals surface area contributed by atoms with E-state index in [2.05, 4.69) is 21.8 Å². The van der Waals surface area contributed by atoms with E-state index in [1.807, 2.05) is 0 Å². The number of aromatic hydroxyl groups is 2. The van der Waals surface area contributed by atoms with Gasteiger partial charge in [0.15, 0.2) is 10.9 Å². The number of hydrogen-bond acceptors (Lipinski definition) is 11. The number of thiazole rings is 1. The zero-order valence-electron chi connectivity index (χ0n) is 20.9. The first-order chi connectivity index (χ1) is 18.1. The van der Waals surface area contributed by atoms with Crippen LogP contribution in [0.25, 0.3) is 0 Å². The van der Waals surface area contributed by atoms with Gasteiger partial charge in [0.2, 0.25) is 5.78 Å². The van der Waals surface area contributed by atoms with E-state index < -0.39 is 34.8 Å². The molecule has 2 aliphatic carbocycles. The quantitative estimate of drug-likeness (QED) is 0.286. The Kier molecular flexibility index (Phi) is 5.72. The molecule has 0 saturated carbocycles. The highest BCUT2D eigenvalue weighted by Crippen LogP contribution is 2.53. The van der Waals surface area contributed by atoms with Crippen LogP contribution in [0.1, 0.15) is 61.2 Å². The van der Waals surface area contributed by atoms with Crippen molar-refractivity contribution in [2.75, 3.05) is 45.2 Å². The van der Waals surface area contributed by atoms with Crippen molar-refractivity contribution in [3.63, 3.8) is 0 Å². The molecule has 0 radical (unpaired) electrons. The molecule has 0 amide bonds. The summed E-state index contributed by atoms with van der Waals surface area (Å²) in [6.07, 6.45) is -1.83. The van der Waals surface area contributed by atoms with Crippen LogP contribution in [0.3, 0.4) is 0 Å². The van der Waals surface area contributed by atoms with E-state index in [4.69, 9.17) is 4.74 Å². The van der Waals surface area contributed by atoms with Gasteiger partial charge in [-0.1, -0.05) is 12.1 Å². The lowest BCUT2D eigenvalue weighted by Crippen LogP contribution is -2.44. The van der Waals surface area contributed by atoms with Gasteiger partial charge in [-0.25, -0.2) is 4.98 Å². The number of benzene rings is 2. The minimum atomic E-state index is -1.66. The highest BCUT2D eigenvalue weighted by Gasteiger charge is 2.47. The molecule has 38 heavy (non-hydrogen) atoms. The van der Waals surface area contributed by atoms with Crippen LogP contribution in [-0.2, 0) is 12.0 Å². The molecule has 11 heteroatoms. The van der Waals surface area contributed by atoms with E-state index in [0.717, 1.165) is 31.3 Å². The van der Waals surface area contributed by atoms with Crippen LogP contribution in [0.15, 0.2) is 23.6 Å². The van der Waals surface area contributed by atoms with E-state index >= 15 is 0 Å². The number of methoxy groups -OCH3 is 1. The van der Waals surface area contributed by atoms with Gasteiger partial charge < -0.3 is 35.0 Å². The summed E-state index contributed by atoms with van der Waals surface area (Å²) in [4.78, 5) is 36.0. The van der Waals surface area contributed by atoms with Crippen molar-refractivity contribution in [2.24, 2.45) is 0 Å². The Hall–Kier alpha value is -3.51. The molecule has 3 aliphatic rings. The molecule has 0 bridgehead atoms. The second-order valence-electron chi connectivity index (χ2n) is 10.1. The normalized spacial score (nSPS) is 23.2. The number of piperazine rings is 1. The summed E-state index contributed by atoms with van der Waals surface area (Å²) >= 11 is 1.39. The van der Waals surface area contributed by atoms with Crippen molar-refractivity contribution >= 4 is 28.0 Å². The average Bonchev–Trinajstić information content (AvgIpc) is 3.40. The number of aromatic nitrogens is 1. The van der Waals surface area contributed by atoms with Crippen molar-refractivity contribution in [3.05, 3.63) is 62.7 Å². The number of likely N-dealkylation sites (N-methyl/N-ethyl adjacent to an activating group) is 1. The maximum absolute atomic E-state index is 13.5. The van der Waals surface area contributed by atoms with Crippen molar-refractivity contribution in [1.82, 2.24) is 9.88 Å². The Morgan fingerprint density at radius 1 is 1.05 bits per heavy atom. The Balaban J connectivity index is 1.43. The van der Waals surface area contributed by atoms with Crippen LogP contribution in [0, 0.1) is 0 Å². The first-order valence-electron chi connectivity index (χ1n) is 12.3. The van der Waals surface area contributed by atoms with Gasteiger partial charge in [0, 0.05) is 61.1 Å². The first kappa shape index (κ1) is 24.8. The molecule has 2 atom stereocenters. The summed E-state index contributed by atoms with van der Waals surface area (Å²) in [5.41, 5.74) is -2.06. The molecular weight excluding hydrogens is 510 g/mol. The van der Waals surface area contributed by atoms with Crippen LogP contribution in [-0.4, -0.2) is 82.2 Å². The largest absolute Gasteiger partial charge is 0.507 e. The maximum atomic E-state index is 13.5. The number of aliphatic hydroxyl groups is 2. The summed E-state index contributed by atoms with van der Waals surface area (Å²) in [5, 5.41) is 47.8. The summed E-state index contributed by atoms with van der Waals surface area (Å²) in [6.45, 7) is 3.39. The first-order valence-corrected chi connectivity index (χ1v) is 13.2. The zero-order chi connectivity index (χ0) is 26.9. The highest BCUT2D eigenvalue weighted by atomic mass is 32.1. The number of hydrogen-bond donors (Lipinski definition) is 4. The molecule has 1 aliphatic heterocycles. The lowest BCUT2D eigenvalue weighted by molar-refractivity contribution is -0.0307. The molecule has 2 unspecified atom stereocenters. The van der Waals surface area contributed by atoms with Gasteiger partial charge in [-0.2, -0.15) is 0 Å². The van der Waals surface area contributed by atoms with Crippen LogP contribution >= 0.6 is 11.3 Å². The number of fused-ring (bicyclic) bond motifs is 3. The third kappa shape index (κ3) is 3.53. The number of aliphatic hydroxyl groups excluding tert-OH is 1. The third-order valence-electron chi connectivity index (χ3n) is 7.84. The summed E-state index contributed by atoms with van der Waals surface area (Å²) in [5.74, 6) is -2.29. The van der Waals surface area contributed by atoms with Gasteiger partial charge >= 0.3 is 0 Å². The second-order valence-corrected chi connectivity index (χ2v) is 11.0. The van der Waals surface area contributed by atoms with E-state index in [1.165, 1.54) is 30.6 Å². The van der Waals surface area contributed by atoms with Gasteiger partial charge in [0.1, 0.15) is 22.8 Å². The lowest BCUT2D eigenvalue weighted by atomic mass is 9.72. The van der Waals surface area contributed by atoms with E-state index in [0.29, 0.717) is 5.69 Å². The van der Waals surface area contributed by atoms with Crippen molar-refractivity contribution in [1.29, 1.82) is 0 Å². The van der Waals surface area contributed by atoms with Crippen molar-refractivity contribution in [3.8, 4) is 17.2 Å². The fourth-order valence-corrected chi connectivity index (χ4v) is 6.73. The molecule has 2 heterocycles. The Morgan fingerprint density at radius 2 is 1.76 bits per heavy atom. The molecule has 3 aromatic rings. The Labute approximate surface area is 222 Å². The molecule has 2 aromatic carbocycles. The molecule has 4 N–H and O–H groups in total. The highest BCUT2D eigenvalue weighted by molar-refractivity contribution is 7.13. The smallest absolute Gasteiger partial charge is 0.202 e. The Morgan fingerprint density at radius 3 is 2.47 bits per heavy atom. The van der Waals surface area contributed by atoms with Gasteiger partial charge in [-0.05, 0) is 13.1 Å². The SMILES string of the molecule is COc1cccc2c1C(=O)c1c(O)c3c(c(O)c1C2=O)CC(O)(c1csc(N2CCN(C)CC2)n1)CC3O. The molecule has 6 rings (SSSR count). The predicted octanol–water partition coefficient (Wildman–Crippen LogP) is 1.96. The minimum Gasteiger partial charge on any atom is -0.507 e. The second kappa shape index (κ2) is 8.77. The average molecular weight is 538 g/mol. The molecule has 198 valence electrons. The van der Waals surface area contributed by atoms with Crippen molar-refractivity contribution in [2.45, 2.75) is 24.5 Å². The van der Waals surface area contributed by atoms with Gasteiger partial charge in [-0.15, -0.1) is 11.3 Å². The number of rotatable bonds is 3. The topological polar surface area (TPSA) is 144 Å². The molecule has 10 nitrogen and oxygen atoms in total. The van der Waals surface area contributed by atoms with Gasteiger partial charge in [0.25, 0.3) is 0 Å². The molecule has 1 saturated heterocycles.